The second-order valence-corrected chi connectivity index (χ2v) is 7.97. The zero-order valence-corrected chi connectivity index (χ0v) is 19.1. The lowest BCUT2D eigenvalue weighted by Crippen LogP contribution is -2.37. The molecule has 0 aliphatic carbocycles. The number of fused-ring (bicyclic) bond motifs is 1. The second kappa shape index (κ2) is 9.22. The molecule has 0 bridgehead atoms. The zero-order valence-electron chi connectivity index (χ0n) is 17.6. The molecule has 166 valence electrons. The third kappa shape index (κ3) is 3.94. The molecule has 1 aliphatic rings. The Hall–Kier alpha value is -3.03. The van der Waals surface area contributed by atoms with Gasteiger partial charge in [-0.1, -0.05) is 41.4 Å². The quantitative estimate of drug-likeness (QED) is 0.507. The highest BCUT2D eigenvalue weighted by Gasteiger charge is 2.33. The maximum Gasteiger partial charge on any atom is 0.359 e. The highest BCUT2D eigenvalue weighted by atomic mass is 35.5. The summed E-state index contributed by atoms with van der Waals surface area (Å²) in [4.78, 5) is 27.7. The van der Waals surface area contributed by atoms with E-state index in [2.05, 4.69) is 5.10 Å². The van der Waals surface area contributed by atoms with Crippen molar-refractivity contribution >= 4 is 35.1 Å². The lowest BCUT2D eigenvalue weighted by Gasteiger charge is -2.28. The number of ether oxygens (including phenoxy) is 2. The third-order valence-electron chi connectivity index (χ3n) is 5.29. The first kappa shape index (κ1) is 22.2. The number of carbonyl (C=O) groups excluding carboxylic acids is 2. The summed E-state index contributed by atoms with van der Waals surface area (Å²) in [6.07, 6.45) is 0.503. The van der Waals surface area contributed by atoms with Crippen molar-refractivity contribution in [2.45, 2.75) is 19.9 Å². The van der Waals surface area contributed by atoms with Gasteiger partial charge in [0.25, 0.3) is 5.91 Å². The molecule has 0 saturated carbocycles. The minimum Gasteiger partial charge on any atom is -0.494 e. The van der Waals surface area contributed by atoms with E-state index in [1.54, 1.807) is 28.6 Å². The Morgan fingerprint density at radius 1 is 1.09 bits per heavy atom. The number of benzene rings is 2. The highest BCUT2D eigenvalue weighted by molar-refractivity contribution is 6.37. The van der Waals surface area contributed by atoms with Crippen molar-refractivity contribution in [2.24, 2.45) is 0 Å². The van der Waals surface area contributed by atoms with Gasteiger partial charge in [0.15, 0.2) is 11.4 Å². The maximum absolute atomic E-state index is 13.4. The number of methoxy groups -OCH3 is 1. The van der Waals surface area contributed by atoms with Gasteiger partial charge in [0.2, 0.25) is 0 Å². The average molecular weight is 474 g/mol. The number of esters is 1. The standard InChI is InChI=1S/C23H21Cl2N3O4/c1-3-32-23(30)20-15-13-27(22(29)19-16(24)9-10-17(25)21(19)31-2)12-11-18(15)28(26-20)14-7-5-4-6-8-14/h4-10H,3,11-13H2,1-2H3. The van der Waals surface area contributed by atoms with Crippen molar-refractivity contribution in [1.82, 2.24) is 14.7 Å². The molecule has 3 aromatic rings. The second-order valence-electron chi connectivity index (χ2n) is 7.16. The number of hydrogen-bond acceptors (Lipinski definition) is 5. The van der Waals surface area contributed by atoms with E-state index in [1.165, 1.54) is 7.11 Å². The van der Waals surface area contributed by atoms with Crippen molar-refractivity contribution in [3.8, 4) is 11.4 Å². The maximum atomic E-state index is 13.4. The van der Waals surface area contributed by atoms with E-state index in [0.717, 1.165) is 11.4 Å². The average Bonchev–Trinajstić information content (AvgIpc) is 3.19. The largest absolute Gasteiger partial charge is 0.494 e. The fourth-order valence-electron chi connectivity index (χ4n) is 3.83. The molecule has 1 aromatic heterocycles. The minimum atomic E-state index is -0.522. The number of amides is 1. The Labute approximate surface area is 195 Å². The van der Waals surface area contributed by atoms with Gasteiger partial charge in [0.1, 0.15) is 5.56 Å². The topological polar surface area (TPSA) is 73.7 Å². The SMILES string of the molecule is CCOC(=O)c1nn(-c2ccccc2)c2c1CN(C(=O)c1c(Cl)ccc(Cl)c1OC)CC2. The van der Waals surface area contributed by atoms with E-state index < -0.39 is 5.97 Å². The predicted octanol–water partition coefficient (Wildman–Crippen LogP) is 4.56. The summed E-state index contributed by atoms with van der Waals surface area (Å²) in [5, 5.41) is 5.08. The summed E-state index contributed by atoms with van der Waals surface area (Å²) in [7, 11) is 1.44. The molecule has 32 heavy (non-hydrogen) atoms. The minimum absolute atomic E-state index is 0.182. The zero-order chi connectivity index (χ0) is 22.8. The molecule has 0 saturated heterocycles. The van der Waals surface area contributed by atoms with Gasteiger partial charge in [-0.05, 0) is 31.2 Å². The van der Waals surface area contributed by atoms with Crippen LogP contribution in [0.3, 0.4) is 0 Å². The molecule has 0 fully saturated rings. The van der Waals surface area contributed by atoms with Gasteiger partial charge in [-0.2, -0.15) is 5.10 Å². The Balaban J connectivity index is 1.75. The summed E-state index contributed by atoms with van der Waals surface area (Å²) in [6.45, 7) is 2.56. The van der Waals surface area contributed by atoms with E-state index >= 15 is 0 Å². The number of carbonyl (C=O) groups is 2. The number of hydrogen-bond donors (Lipinski definition) is 0. The van der Waals surface area contributed by atoms with E-state index in [9.17, 15) is 9.59 Å². The van der Waals surface area contributed by atoms with Gasteiger partial charge in [-0.3, -0.25) is 4.79 Å². The van der Waals surface area contributed by atoms with Crippen molar-refractivity contribution in [3.05, 3.63) is 75.0 Å². The highest BCUT2D eigenvalue weighted by Crippen LogP contribution is 2.36. The smallest absolute Gasteiger partial charge is 0.359 e. The predicted molar refractivity (Wildman–Crippen MR) is 121 cm³/mol. The first-order chi connectivity index (χ1) is 15.5. The van der Waals surface area contributed by atoms with Gasteiger partial charge in [0.05, 0.1) is 41.7 Å². The number of nitrogens with zero attached hydrogens (tertiary/aromatic N) is 3. The van der Waals surface area contributed by atoms with E-state index in [-0.39, 0.29) is 41.1 Å². The molecule has 0 N–H and O–H groups in total. The van der Waals surface area contributed by atoms with E-state index in [0.29, 0.717) is 23.6 Å². The Morgan fingerprint density at radius 2 is 1.81 bits per heavy atom. The summed E-state index contributed by atoms with van der Waals surface area (Å²) >= 11 is 12.5. The van der Waals surface area contributed by atoms with Crippen LogP contribution in [-0.4, -0.2) is 46.8 Å². The number of rotatable bonds is 5. The molecule has 1 aliphatic heterocycles. The van der Waals surface area contributed by atoms with Gasteiger partial charge in [-0.15, -0.1) is 0 Å². The van der Waals surface area contributed by atoms with Gasteiger partial charge in [0, 0.05) is 18.5 Å². The molecule has 0 spiro atoms. The summed E-state index contributed by atoms with van der Waals surface area (Å²) in [6, 6.07) is 12.7. The normalized spacial score (nSPS) is 12.9. The Bertz CT molecular complexity index is 1180. The number of halogens is 2. The molecule has 9 heteroatoms. The van der Waals surface area contributed by atoms with Crippen LogP contribution in [0.2, 0.25) is 10.0 Å². The molecule has 0 atom stereocenters. The van der Waals surface area contributed by atoms with Crippen LogP contribution in [-0.2, 0) is 17.7 Å². The van der Waals surface area contributed by atoms with E-state index in [4.69, 9.17) is 32.7 Å². The summed E-state index contributed by atoms with van der Waals surface area (Å²) < 4.78 is 12.3. The van der Waals surface area contributed by atoms with Crippen LogP contribution in [0.25, 0.3) is 5.69 Å². The molecule has 2 aromatic carbocycles. The summed E-state index contributed by atoms with van der Waals surface area (Å²) in [5.41, 5.74) is 2.75. The van der Waals surface area contributed by atoms with Crippen LogP contribution >= 0.6 is 23.2 Å². The fourth-order valence-corrected chi connectivity index (χ4v) is 4.29. The molecule has 0 unspecified atom stereocenters. The van der Waals surface area contributed by atoms with Crippen molar-refractivity contribution in [2.75, 3.05) is 20.3 Å². The van der Waals surface area contributed by atoms with Crippen LogP contribution in [0.4, 0.5) is 0 Å². The van der Waals surface area contributed by atoms with Crippen LogP contribution in [0.5, 0.6) is 5.75 Å². The molecular weight excluding hydrogens is 453 g/mol. The lowest BCUT2D eigenvalue weighted by molar-refractivity contribution is 0.0513. The summed E-state index contributed by atoms with van der Waals surface area (Å²) in [5.74, 6) is -0.631. The lowest BCUT2D eigenvalue weighted by atomic mass is 10.0. The first-order valence-corrected chi connectivity index (χ1v) is 10.9. The van der Waals surface area contributed by atoms with Gasteiger partial charge < -0.3 is 14.4 Å². The van der Waals surface area contributed by atoms with Crippen LogP contribution in [0, 0.1) is 0 Å². The molecule has 7 nitrogen and oxygen atoms in total. The van der Waals surface area contributed by atoms with Gasteiger partial charge >= 0.3 is 5.97 Å². The van der Waals surface area contributed by atoms with E-state index in [1.807, 2.05) is 30.3 Å². The Morgan fingerprint density at radius 3 is 2.50 bits per heavy atom. The molecule has 4 rings (SSSR count). The van der Waals surface area contributed by atoms with Crippen LogP contribution in [0.1, 0.15) is 39.0 Å². The number of aromatic nitrogens is 2. The van der Waals surface area contributed by atoms with Crippen molar-refractivity contribution in [1.29, 1.82) is 0 Å². The van der Waals surface area contributed by atoms with Crippen molar-refractivity contribution in [3.63, 3.8) is 0 Å². The van der Waals surface area contributed by atoms with Gasteiger partial charge in [-0.25, -0.2) is 9.48 Å². The van der Waals surface area contributed by atoms with Crippen molar-refractivity contribution < 1.29 is 19.1 Å². The third-order valence-corrected chi connectivity index (χ3v) is 5.90. The monoisotopic (exact) mass is 473 g/mol. The number of para-hydroxylation sites is 1. The molecular formula is C23H21Cl2N3O4. The molecule has 1 amide bonds. The molecule has 2 heterocycles. The van der Waals surface area contributed by atoms with Crippen LogP contribution < -0.4 is 4.74 Å². The first-order valence-electron chi connectivity index (χ1n) is 10.1. The fraction of sp³-hybridized carbons (Fsp3) is 0.261. The molecule has 0 radical (unpaired) electrons. The van der Waals surface area contributed by atoms with Crippen LogP contribution in [0.15, 0.2) is 42.5 Å². The Kier molecular flexibility index (Phi) is 6.39.